The molecule has 0 heterocycles. The van der Waals surface area contributed by atoms with Crippen LogP contribution in [0.15, 0.2) is 12.1 Å². The lowest BCUT2D eigenvalue weighted by Crippen LogP contribution is -2.13. The Kier molecular flexibility index (Phi) is 3.61. The Labute approximate surface area is 89.5 Å². The lowest BCUT2D eigenvalue weighted by atomic mass is 10.0. The van der Waals surface area contributed by atoms with Gasteiger partial charge in [0.2, 0.25) is 0 Å². The van der Waals surface area contributed by atoms with Crippen LogP contribution in [-0.2, 0) is 0 Å². The molecule has 2 N–H and O–H groups in total. The summed E-state index contributed by atoms with van der Waals surface area (Å²) in [5.74, 6) is -1.11. The van der Waals surface area contributed by atoms with E-state index < -0.39 is 17.7 Å². The van der Waals surface area contributed by atoms with Crippen LogP contribution in [0.2, 0.25) is 0 Å². The Morgan fingerprint density at radius 2 is 1.85 bits per heavy atom. The van der Waals surface area contributed by atoms with E-state index in [-0.39, 0.29) is 5.56 Å². The molecule has 1 aromatic rings. The summed E-state index contributed by atoms with van der Waals surface area (Å²) in [5.41, 5.74) is 5.55. The van der Waals surface area contributed by atoms with Crippen molar-refractivity contribution < 1.29 is 8.78 Å². The van der Waals surface area contributed by atoms with E-state index in [0.29, 0.717) is 9.99 Å². The van der Waals surface area contributed by atoms with Gasteiger partial charge in [-0.25, -0.2) is 8.78 Å². The molecule has 0 fully saturated rings. The van der Waals surface area contributed by atoms with Crippen molar-refractivity contribution in [3.8, 4) is 0 Å². The number of hydrogen-bond acceptors (Lipinski definition) is 1. The van der Waals surface area contributed by atoms with E-state index in [9.17, 15) is 8.78 Å². The van der Waals surface area contributed by atoms with Gasteiger partial charge >= 0.3 is 0 Å². The third kappa shape index (κ3) is 2.37. The lowest BCUT2D eigenvalue weighted by Gasteiger charge is -2.11. The van der Waals surface area contributed by atoms with E-state index in [1.807, 2.05) is 22.6 Å². The van der Waals surface area contributed by atoms with Crippen molar-refractivity contribution >= 4 is 22.6 Å². The highest BCUT2D eigenvalue weighted by molar-refractivity contribution is 14.1. The Morgan fingerprint density at radius 3 is 2.23 bits per heavy atom. The average Bonchev–Trinajstić information content (AvgIpc) is 2.02. The number of nitrogens with two attached hydrogens (primary N) is 1. The summed E-state index contributed by atoms with van der Waals surface area (Å²) >= 11 is 1.86. The molecule has 0 spiro atoms. The third-order valence-corrected chi connectivity index (χ3v) is 2.48. The van der Waals surface area contributed by atoms with Gasteiger partial charge in [-0.15, -0.1) is 0 Å². The summed E-state index contributed by atoms with van der Waals surface area (Å²) in [6.07, 6.45) is 0.522. The fraction of sp³-hybridized carbons (Fsp3) is 0.333. The van der Waals surface area contributed by atoms with Gasteiger partial charge in [0.1, 0.15) is 11.6 Å². The molecule has 1 nitrogen and oxygen atoms in total. The fourth-order valence-corrected chi connectivity index (χ4v) is 1.66. The predicted octanol–water partition coefficient (Wildman–Crippen LogP) is 2.98. The summed E-state index contributed by atoms with van der Waals surface area (Å²) in [4.78, 5) is 0. The quantitative estimate of drug-likeness (QED) is 0.834. The first-order valence-corrected chi connectivity index (χ1v) is 5.04. The van der Waals surface area contributed by atoms with Crippen molar-refractivity contribution in [1.82, 2.24) is 0 Å². The lowest BCUT2D eigenvalue weighted by molar-refractivity contribution is 0.519. The van der Waals surface area contributed by atoms with Gasteiger partial charge in [-0.3, -0.25) is 0 Å². The summed E-state index contributed by atoms with van der Waals surface area (Å²) in [7, 11) is 0. The van der Waals surface area contributed by atoms with Crippen LogP contribution in [0.1, 0.15) is 24.9 Å². The van der Waals surface area contributed by atoms with Crippen LogP contribution in [0, 0.1) is 15.2 Å². The minimum atomic E-state index is -0.558. The molecule has 0 amide bonds. The van der Waals surface area contributed by atoms with Crippen molar-refractivity contribution in [1.29, 1.82) is 0 Å². The van der Waals surface area contributed by atoms with Crippen LogP contribution >= 0.6 is 22.6 Å². The summed E-state index contributed by atoms with van der Waals surface area (Å²) < 4.78 is 27.0. The molecule has 1 rings (SSSR count). The van der Waals surface area contributed by atoms with Gasteiger partial charge < -0.3 is 5.73 Å². The second-order valence-electron chi connectivity index (χ2n) is 2.80. The Hall–Kier alpha value is -0.230. The molecule has 13 heavy (non-hydrogen) atoms. The van der Waals surface area contributed by atoms with Gasteiger partial charge in [0.25, 0.3) is 0 Å². The standard InChI is InChI=1S/C9H10F2IN/c1-2-8(13)9-6(10)3-5(12)4-7(9)11/h3-4,8H,2,13H2,1H3. The summed E-state index contributed by atoms with van der Waals surface area (Å²) in [6, 6.07) is 2.01. The zero-order valence-corrected chi connectivity index (χ0v) is 9.31. The van der Waals surface area contributed by atoms with Crippen LogP contribution in [0.3, 0.4) is 0 Å². The van der Waals surface area contributed by atoms with Crippen LogP contribution in [0.25, 0.3) is 0 Å². The van der Waals surface area contributed by atoms with E-state index in [2.05, 4.69) is 0 Å². The molecule has 0 saturated heterocycles. The van der Waals surface area contributed by atoms with Crippen molar-refractivity contribution in [2.45, 2.75) is 19.4 Å². The van der Waals surface area contributed by atoms with Crippen molar-refractivity contribution in [3.63, 3.8) is 0 Å². The second-order valence-corrected chi connectivity index (χ2v) is 4.04. The highest BCUT2D eigenvalue weighted by Crippen LogP contribution is 2.23. The van der Waals surface area contributed by atoms with Gasteiger partial charge in [0.15, 0.2) is 0 Å². The Morgan fingerprint density at radius 1 is 1.38 bits per heavy atom. The number of hydrogen-bond donors (Lipinski definition) is 1. The summed E-state index contributed by atoms with van der Waals surface area (Å²) in [5, 5.41) is 0. The van der Waals surface area contributed by atoms with Gasteiger partial charge in [-0.05, 0) is 41.1 Å². The molecule has 0 saturated carbocycles. The molecule has 1 unspecified atom stereocenters. The van der Waals surface area contributed by atoms with Gasteiger partial charge in [-0.1, -0.05) is 6.92 Å². The van der Waals surface area contributed by atoms with E-state index in [4.69, 9.17) is 5.73 Å². The minimum absolute atomic E-state index is 0.0112. The molecule has 0 aromatic heterocycles. The van der Waals surface area contributed by atoms with Crippen LogP contribution in [-0.4, -0.2) is 0 Å². The Bertz CT molecular complexity index is 291. The first-order valence-electron chi connectivity index (χ1n) is 3.96. The maximum Gasteiger partial charge on any atom is 0.131 e. The molecule has 0 aliphatic carbocycles. The largest absolute Gasteiger partial charge is 0.324 e. The average molecular weight is 297 g/mol. The van der Waals surface area contributed by atoms with Crippen molar-refractivity contribution in [2.24, 2.45) is 5.73 Å². The molecule has 4 heteroatoms. The molecule has 0 bridgehead atoms. The second kappa shape index (κ2) is 4.32. The first kappa shape index (κ1) is 10.8. The maximum atomic E-state index is 13.2. The topological polar surface area (TPSA) is 26.0 Å². The van der Waals surface area contributed by atoms with E-state index in [1.165, 1.54) is 12.1 Å². The van der Waals surface area contributed by atoms with Crippen LogP contribution < -0.4 is 5.73 Å². The molecule has 1 atom stereocenters. The zero-order chi connectivity index (χ0) is 10.0. The zero-order valence-electron chi connectivity index (χ0n) is 7.15. The normalized spacial score (nSPS) is 13.0. The number of benzene rings is 1. The monoisotopic (exact) mass is 297 g/mol. The van der Waals surface area contributed by atoms with Gasteiger partial charge in [0.05, 0.1) is 0 Å². The molecule has 0 aliphatic heterocycles. The minimum Gasteiger partial charge on any atom is -0.324 e. The summed E-state index contributed by atoms with van der Waals surface area (Å²) in [6.45, 7) is 1.79. The van der Waals surface area contributed by atoms with E-state index >= 15 is 0 Å². The predicted molar refractivity (Wildman–Crippen MR) is 56.3 cm³/mol. The molecular weight excluding hydrogens is 287 g/mol. The molecule has 1 aromatic carbocycles. The SMILES string of the molecule is CCC(N)c1c(F)cc(I)cc1F. The maximum absolute atomic E-state index is 13.2. The van der Waals surface area contributed by atoms with Crippen LogP contribution in [0.4, 0.5) is 8.78 Å². The van der Waals surface area contributed by atoms with Crippen molar-refractivity contribution in [2.75, 3.05) is 0 Å². The van der Waals surface area contributed by atoms with E-state index in [0.717, 1.165) is 0 Å². The first-order chi connectivity index (χ1) is 6.06. The highest BCUT2D eigenvalue weighted by atomic mass is 127. The smallest absolute Gasteiger partial charge is 0.131 e. The van der Waals surface area contributed by atoms with Crippen LogP contribution in [0.5, 0.6) is 0 Å². The van der Waals surface area contributed by atoms with E-state index in [1.54, 1.807) is 6.92 Å². The fourth-order valence-electron chi connectivity index (χ4n) is 1.11. The molecule has 72 valence electrons. The molecule has 0 aliphatic rings. The molecule has 0 radical (unpaired) electrons. The van der Waals surface area contributed by atoms with Crippen molar-refractivity contribution in [3.05, 3.63) is 32.9 Å². The van der Waals surface area contributed by atoms with Gasteiger partial charge in [-0.2, -0.15) is 0 Å². The number of halogens is 3. The number of rotatable bonds is 2. The third-order valence-electron chi connectivity index (χ3n) is 1.85. The van der Waals surface area contributed by atoms with Gasteiger partial charge in [0, 0.05) is 15.2 Å². The Balaban J connectivity index is 3.20. The highest BCUT2D eigenvalue weighted by Gasteiger charge is 2.15. The molecular formula is C9H10F2IN.